The third-order valence-corrected chi connectivity index (χ3v) is 3.80. The molecule has 4 heteroatoms. The fraction of sp³-hybridized carbons (Fsp3) is 0.312. The van der Waals surface area contributed by atoms with Gasteiger partial charge in [0.05, 0.1) is 17.3 Å². The maximum absolute atomic E-state index is 12.3. The molecule has 0 aromatic heterocycles. The van der Waals surface area contributed by atoms with E-state index >= 15 is 0 Å². The average Bonchev–Trinajstić information content (AvgIpc) is 2.85. The van der Waals surface area contributed by atoms with E-state index in [1.54, 1.807) is 7.05 Å². The minimum absolute atomic E-state index is 0.0249. The summed E-state index contributed by atoms with van der Waals surface area (Å²) in [7, 11) is 1.68. The molecule has 1 aromatic carbocycles. The molecule has 2 heterocycles. The van der Waals surface area contributed by atoms with Crippen molar-refractivity contribution in [1.29, 1.82) is 0 Å². The smallest absolute Gasteiger partial charge is 0.251 e. The number of carbonyl (C=O) groups is 1. The summed E-state index contributed by atoms with van der Waals surface area (Å²) < 4.78 is 0. The van der Waals surface area contributed by atoms with E-state index in [4.69, 9.17) is 0 Å². The lowest BCUT2D eigenvalue weighted by molar-refractivity contribution is -0.117. The summed E-state index contributed by atoms with van der Waals surface area (Å²) >= 11 is 0. The van der Waals surface area contributed by atoms with Crippen molar-refractivity contribution in [2.75, 3.05) is 13.6 Å². The van der Waals surface area contributed by atoms with E-state index in [0.29, 0.717) is 5.92 Å². The second-order valence-electron chi connectivity index (χ2n) is 5.30. The molecule has 0 aliphatic carbocycles. The van der Waals surface area contributed by atoms with E-state index in [-0.39, 0.29) is 11.9 Å². The van der Waals surface area contributed by atoms with Crippen LogP contribution < -0.4 is 10.7 Å². The van der Waals surface area contributed by atoms with Crippen LogP contribution in [0.5, 0.6) is 0 Å². The third-order valence-electron chi connectivity index (χ3n) is 3.80. The molecule has 20 heavy (non-hydrogen) atoms. The molecule has 0 bridgehead atoms. The number of carbonyl (C=O) groups excluding carboxylic acids is 1. The third kappa shape index (κ3) is 2.12. The number of likely N-dealkylation sites (N-methyl/N-ethyl adjacent to an activating group) is 1. The van der Waals surface area contributed by atoms with Crippen LogP contribution in [0.25, 0.3) is 0 Å². The van der Waals surface area contributed by atoms with Crippen LogP contribution in [0.15, 0.2) is 53.8 Å². The van der Waals surface area contributed by atoms with Gasteiger partial charge in [0.2, 0.25) is 0 Å². The average molecular weight is 269 g/mol. The minimum Gasteiger partial charge on any atom is -0.355 e. The Morgan fingerprint density at radius 3 is 2.80 bits per heavy atom. The van der Waals surface area contributed by atoms with Crippen molar-refractivity contribution >= 4 is 5.91 Å². The number of hydrogen-bond donors (Lipinski definition) is 2. The predicted octanol–water partition coefficient (Wildman–Crippen LogP) is 1.75. The fourth-order valence-electron chi connectivity index (χ4n) is 2.79. The van der Waals surface area contributed by atoms with Gasteiger partial charge in [-0.2, -0.15) is 0 Å². The SMILES string of the molecule is CNC(=O)C1=C2C=CC(C)CN2NC1c1ccccc1. The topological polar surface area (TPSA) is 44.4 Å². The summed E-state index contributed by atoms with van der Waals surface area (Å²) in [6, 6.07) is 10.00. The van der Waals surface area contributed by atoms with Gasteiger partial charge in [-0.3, -0.25) is 4.79 Å². The molecule has 2 aliphatic heterocycles. The van der Waals surface area contributed by atoms with Crippen molar-refractivity contribution in [3.63, 3.8) is 0 Å². The van der Waals surface area contributed by atoms with Crippen LogP contribution in [0, 0.1) is 5.92 Å². The van der Waals surface area contributed by atoms with Crippen molar-refractivity contribution in [2.24, 2.45) is 5.92 Å². The lowest BCUT2D eigenvalue weighted by Crippen LogP contribution is -2.37. The molecule has 104 valence electrons. The molecule has 3 rings (SSSR count). The number of fused-ring (bicyclic) bond motifs is 1. The first-order valence-corrected chi connectivity index (χ1v) is 6.94. The van der Waals surface area contributed by atoms with Crippen LogP contribution in [0.1, 0.15) is 18.5 Å². The number of amides is 1. The molecule has 2 aliphatic rings. The van der Waals surface area contributed by atoms with E-state index < -0.39 is 0 Å². The Hall–Kier alpha value is -2.07. The lowest BCUT2D eigenvalue weighted by atomic mass is 9.97. The van der Waals surface area contributed by atoms with Crippen LogP contribution >= 0.6 is 0 Å². The molecule has 0 spiro atoms. The number of hydrazine groups is 1. The van der Waals surface area contributed by atoms with Crippen molar-refractivity contribution in [2.45, 2.75) is 13.0 Å². The van der Waals surface area contributed by atoms with Gasteiger partial charge >= 0.3 is 0 Å². The minimum atomic E-state index is -0.0823. The first-order valence-electron chi connectivity index (χ1n) is 6.94. The molecule has 1 aromatic rings. The van der Waals surface area contributed by atoms with Gasteiger partial charge in [-0.15, -0.1) is 0 Å². The predicted molar refractivity (Wildman–Crippen MR) is 78.4 cm³/mol. The van der Waals surface area contributed by atoms with Crippen LogP contribution in [-0.2, 0) is 4.79 Å². The Morgan fingerprint density at radius 1 is 1.35 bits per heavy atom. The van der Waals surface area contributed by atoms with Gasteiger partial charge in [0.25, 0.3) is 5.91 Å². The molecule has 2 N–H and O–H groups in total. The Labute approximate surface area is 119 Å². The summed E-state index contributed by atoms with van der Waals surface area (Å²) in [5, 5.41) is 4.84. The lowest BCUT2D eigenvalue weighted by Gasteiger charge is -2.27. The number of rotatable bonds is 2. The molecule has 0 saturated heterocycles. The summed E-state index contributed by atoms with van der Waals surface area (Å²) in [4.78, 5) is 12.3. The molecule has 2 atom stereocenters. The fourth-order valence-corrected chi connectivity index (χ4v) is 2.79. The summed E-state index contributed by atoms with van der Waals surface area (Å²) in [6.07, 6.45) is 4.21. The van der Waals surface area contributed by atoms with Gasteiger partial charge in [-0.1, -0.05) is 43.3 Å². The first kappa shape index (κ1) is 12.9. The van der Waals surface area contributed by atoms with Gasteiger partial charge < -0.3 is 10.3 Å². The highest BCUT2D eigenvalue weighted by atomic mass is 16.1. The molecule has 0 saturated carbocycles. The maximum atomic E-state index is 12.3. The van der Waals surface area contributed by atoms with E-state index in [2.05, 4.69) is 34.8 Å². The molecule has 4 nitrogen and oxygen atoms in total. The molecule has 1 amide bonds. The van der Waals surface area contributed by atoms with E-state index in [1.165, 1.54) is 0 Å². The second kappa shape index (κ2) is 5.13. The van der Waals surface area contributed by atoms with Gasteiger partial charge in [-0.25, -0.2) is 5.43 Å². The Kier molecular flexibility index (Phi) is 3.32. The largest absolute Gasteiger partial charge is 0.355 e. The van der Waals surface area contributed by atoms with Crippen molar-refractivity contribution < 1.29 is 4.79 Å². The van der Waals surface area contributed by atoms with E-state index in [9.17, 15) is 4.79 Å². The number of benzene rings is 1. The normalized spacial score (nSPS) is 24.8. The van der Waals surface area contributed by atoms with E-state index in [0.717, 1.165) is 23.4 Å². The van der Waals surface area contributed by atoms with Crippen LogP contribution in [0.3, 0.4) is 0 Å². The highest BCUT2D eigenvalue weighted by molar-refractivity contribution is 5.96. The summed E-state index contributed by atoms with van der Waals surface area (Å²) in [5.74, 6) is 0.453. The zero-order valence-corrected chi connectivity index (χ0v) is 11.8. The summed E-state index contributed by atoms with van der Waals surface area (Å²) in [5.41, 5.74) is 6.33. The first-order chi connectivity index (χ1) is 9.70. The van der Waals surface area contributed by atoms with Crippen molar-refractivity contribution in [1.82, 2.24) is 15.8 Å². The Balaban J connectivity index is 2.04. The Bertz CT molecular complexity index is 577. The van der Waals surface area contributed by atoms with Gasteiger partial charge in [0, 0.05) is 13.6 Å². The second-order valence-corrected chi connectivity index (χ2v) is 5.30. The molecule has 2 unspecified atom stereocenters. The molecular weight excluding hydrogens is 250 g/mol. The zero-order chi connectivity index (χ0) is 14.1. The monoisotopic (exact) mass is 269 g/mol. The standard InChI is InChI=1S/C16H19N3O/c1-11-8-9-13-14(16(20)17-2)15(18-19(13)10-11)12-6-4-3-5-7-12/h3-9,11,15,18H,10H2,1-2H3,(H,17,20). The van der Waals surface area contributed by atoms with Crippen molar-refractivity contribution in [3.8, 4) is 0 Å². The number of allylic oxidation sites excluding steroid dienone is 1. The molecule has 0 fully saturated rings. The van der Waals surface area contributed by atoms with Crippen LogP contribution in [0.2, 0.25) is 0 Å². The van der Waals surface area contributed by atoms with Gasteiger partial charge in [-0.05, 0) is 17.6 Å². The maximum Gasteiger partial charge on any atom is 0.251 e. The molecular formula is C16H19N3O. The number of nitrogens with one attached hydrogen (secondary N) is 2. The highest BCUT2D eigenvalue weighted by Crippen LogP contribution is 2.35. The molecule has 0 radical (unpaired) electrons. The number of hydrogen-bond acceptors (Lipinski definition) is 3. The van der Waals surface area contributed by atoms with Crippen LogP contribution in [0.4, 0.5) is 0 Å². The quantitative estimate of drug-likeness (QED) is 0.860. The van der Waals surface area contributed by atoms with Crippen molar-refractivity contribution in [3.05, 3.63) is 59.3 Å². The highest BCUT2D eigenvalue weighted by Gasteiger charge is 2.36. The van der Waals surface area contributed by atoms with Gasteiger partial charge in [0.15, 0.2) is 0 Å². The van der Waals surface area contributed by atoms with Crippen LogP contribution in [-0.4, -0.2) is 24.5 Å². The number of nitrogens with zero attached hydrogens (tertiary/aromatic N) is 1. The van der Waals surface area contributed by atoms with E-state index in [1.807, 2.05) is 30.3 Å². The summed E-state index contributed by atoms with van der Waals surface area (Å²) in [6.45, 7) is 3.06. The zero-order valence-electron chi connectivity index (χ0n) is 11.8. The van der Waals surface area contributed by atoms with Gasteiger partial charge in [0.1, 0.15) is 0 Å². The Morgan fingerprint density at radius 2 is 2.10 bits per heavy atom.